The van der Waals surface area contributed by atoms with Crippen LogP contribution in [-0.4, -0.2) is 23.3 Å². The second kappa shape index (κ2) is 6.44. The van der Waals surface area contributed by atoms with Crippen LogP contribution in [0.4, 0.5) is 0 Å². The first-order chi connectivity index (χ1) is 9.80. The van der Waals surface area contributed by atoms with Crippen molar-refractivity contribution in [2.75, 3.05) is 6.61 Å². The third-order valence-corrected chi connectivity index (χ3v) is 5.02. The van der Waals surface area contributed by atoms with E-state index in [0.29, 0.717) is 0 Å². The molecule has 1 aliphatic carbocycles. The van der Waals surface area contributed by atoms with Gasteiger partial charge in [-0.15, -0.1) is 0 Å². The van der Waals surface area contributed by atoms with Gasteiger partial charge in [0.25, 0.3) is 0 Å². The minimum absolute atomic E-state index is 0.102. The maximum Gasteiger partial charge on any atom is 0.138 e. The van der Waals surface area contributed by atoms with Gasteiger partial charge in [-0.05, 0) is 25.0 Å². The van der Waals surface area contributed by atoms with Gasteiger partial charge in [0, 0.05) is 18.2 Å². The van der Waals surface area contributed by atoms with Crippen molar-refractivity contribution in [3.8, 4) is 5.75 Å². The Labute approximate surface area is 129 Å². The van der Waals surface area contributed by atoms with Crippen molar-refractivity contribution >= 4 is 15.9 Å². The Kier molecular flexibility index (Phi) is 4.61. The topological polar surface area (TPSA) is 31.4 Å². The second-order valence-electron chi connectivity index (χ2n) is 5.94. The van der Waals surface area contributed by atoms with Gasteiger partial charge in [-0.25, -0.2) is 0 Å². The molecule has 1 spiro atoms. The fourth-order valence-electron chi connectivity index (χ4n) is 3.38. The zero-order chi connectivity index (χ0) is 13.8. The van der Waals surface area contributed by atoms with Gasteiger partial charge >= 0.3 is 0 Å². The molecule has 3 rings (SSSR count). The summed E-state index contributed by atoms with van der Waals surface area (Å²) < 4.78 is 12.2. The van der Waals surface area contributed by atoms with Crippen LogP contribution < -0.4 is 4.74 Å². The van der Waals surface area contributed by atoms with E-state index in [1.807, 2.05) is 18.3 Å². The summed E-state index contributed by atoms with van der Waals surface area (Å²) in [6.07, 6.45) is 10.5. The molecule has 3 nitrogen and oxygen atoms in total. The van der Waals surface area contributed by atoms with E-state index in [-0.39, 0.29) is 11.7 Å². The maximum atomic E-state index is 6.12. The third kappa shape index (κ3) is 3.34. The Morgan fingerprint density at radius 2 is 2.15 bits per heavy atom. The molecule has 0 radical (unpaired) electrons. The van der Waals surface area contributed by atoms with Crippen molar-refractivity contribution in [2.24, 2.45) is 0 Å². The Balaban J connectivity index is 1.61. The molecule has 2 fully saturated rings. The van der Waals surface area contributed by atoms with Crippen LogP contribution in [0.15, 0.2) is 18.3 Å². The number of ether oxygens (including phenoxy) is 2. The molecule has 0 aromatic carbocycles. The molecule has 0 N–H and O–H groups in total. The highest BCUT2D eigenvalue weighted by molar-refractivity contribution is 9.08. The molecular formula is C16H22BrNO2. The Morgan fingerprint density at radius 3 is 2.85 bits per heavy atom. The molecule has 1 saturated carbocycles. The Hall–Kier alpha value is -0.610. The van der Waals surface area contributed by atoms with Gasteiger partial charge in [0.1, 0.15) is 11.9 Å². The second-order valence-corrected chi connectivity index (χ2v) is 6.50. The van der Waals surface area contributed by atoms with Gasteiger partial charge < -0.3 is 9.47 Å². The largest absolute Gasteiger partial charge is 0.489 e. The van der Waals surface area contributed by atoms with Crippen LogP contribution in [0.2, 0.25) is 0 Å². The summed E-state index contributed by atoms with van der Waals surface area (Å²) in [6.45, 7) is 0.831. The summed E-state index contributed by atoms with van der Waals surface area (Å²) in [7, 11) is 0. The maximum absolute atomic E-state index is 6.12. The van der Waals surface area contributed by atoms with Crippen LogP contribution in [0.3, 0.4) is 0 Å². The highest BCUT2D eigenvalue weighted by atomic mass is 79.9. The predicted octanol–water partition coefficient (Wildman–Crippen LogP) is 4.24. The lowest BCUT2D eigenvalue weighted by molar-refractivity contribution is -0.129. The van der Waals surface area contributed by atoms with E-state index in [9.17, 15) is 0 Å². The smallest absolute Gasteiger partial charge is 0.138 e. The third-order valence-electron chi connectivity index (χ3n) is 4.45. The summed E-state index contributed by atoms with van der Waals surface area (Å²) in [6, 6.07) is 4.03. The van der Waals surface area contributed by atoms with Crippen molar-refractivity contribution < 1.29 is 9.47 Å². The highest BCUT2D eigenvalue weighted by Gasteiger charge is 2.39. The van der Waals surface area contributed by atoms with Crippen LogP contribution in [0.5, 0.6) is 5.75 Å². The monoisotopic (exact) mass is 339 g/mol. The van der Waals surface area contributed by atoms with Crippen LogP contribution in [0.25, 0.3) is 0 Å². The van der Waals surface area contributed by atoms with Crippen LogP contribution in [-0.2, 0) is 10.1 Å². The van der Waals surface area contributed by atoms with Crippen molar-refractivity contribution in [3.63, 3.8) is 0 Å². The molecule has 2 aliphatic rings. The molecule has 1 aromatic rings. The highest BCUT2D eigenvalue weighted by Crippen LogP contribution is 2.39. The van der Waals surface area contributed by atoms with E-state index in [1.165, 1.54) is 32.1 Å². The lowest BCUT2D eigenvalue weighted by Gasteiger charge is -2.43. The number of nitrogens with zero attached hydrogens (tertiary/aromatic N) is 1. The van der Waals surface area contributed by atoms with Crippen molar-refractivity contribution in [1.29, 1.82) is 0 Å². The molecule has 20 heavy (non-hydrogen) atoms. The first-order valence-corrected chi connectivity index (χ1v) is 8.73. The standard InChI is InChI=1S/C16H22BrNO2/c17-11-13-4-5-15(12-18-13)20-14-6-9-19-16(10-14)7-2-1-3-8-16/h4-5,12,14H,1-3,6-11H2. The minimum Gasteiger partial charge on any atom is -0.489 e. The van der Waals surface area contributed by atoms with Gasteiger partial charge in [0.05, 0.1) is 24.1 Å². The average molecular weight is 340 g/mol. The van der Waals surface area contributed by atoms with Crippen molar-refractivity contribution in [3.05, 3.63) is 24.0 Å². The first kappa shape index (κ1) is 14.3. The molecule has 2 heterocycles. The number of aromatic nitrogens is 1. The molecule has 0 bridgehead atoms. The van der Waals surface area contributed by atoms with E-state index in [4.69, 9.17) is 9.47 Å². The zero-order valence-electron chi connectivity index (χ0n) is 11.8. The van der Waals surface area contributed by atoms with Crippen LogP contribution in [0.1, 0.15) is 50.6 Å². The summed E-state index contributed by atoms with van der Waals surface area (Å²) in [5, 5.41) is 0.785. The normalized spacial score (nSPS) is 25.6. The number of halogens is 1. The SMILES string of the molecule is BrCc1ccc(OC2CCOC3(CCCCC3)C2)cn1. The summed E-state index contributed by atoms with van der Waals surface area (Å²) in [5.41, 5.74) is 1.14. The molecule has 1 unspecified atom stereocenters. The van der Waals surface area contributed by atoms with Gasteiger partial charge in [-0.3, -0.25) is 4.98 Å². The van der Waals surface area contributed by atoms with Crippen molar-refractivity contribution in [2.45, 2.75) is 62.0 Å². The average Bonchev–Trinajstić information content (AvgIpc) is 2.49. The summed E-state index contributed by atoms with van der Waals surface area (Å²) >= 11 is 3.41. The summed E-state index contributed by atoms with van der Waals surface area (Å²) in [4.78, 5) is 4.36. The fourth-order valence-corrected chi connectivity index (χ4v) is 3.71. The van der Waals surface area contributed by atoms with E-state index in [1.54, 1.807) is 0 Å². The number of hydrogen-bond acceptors (Lipinski definition) is 3. The zero-order valence-corrected chi connectivity index (χ0v) is 13.4. The Morgan fingerprint density at radius 1 is 1.30 bits per heavy atom. The molecular weight excluding hydrogens is 318 g/mol. The van der Waals surface area contributed by atoms with E-state index in [2.05, 4.69) is 20.9 Å². The first-order valence-electron chi connectivity index (χ1n) is 7.61. The van der Waals surface area contributed by atoms with Crippen LogP contribution in [0, 0.1) is 0 Å². The van der Waals surface area contributed by atoms with Crippen molar-refractivity contribution in [1.82, 2.24) is 4.98 Å². The molecule has 4 heteroatoms. The van der Waals surface area contributed by atoms with Gasteiger partial charge in [0.15, 0.2) is 0 Å². The summed E-state index contributed by atoms with van der Waals surface area (Å²) in [5.74, 6) is 0.882. The minimum atomic E-state index is 0.102. The number of pyridine rings is 1. The molecule has 0 amide bonds. The van der Waals surface area contributed by atoms with Crippen LogP contribution >= 0.6 is 15.9 Å². The van der Waals surface area contributed by atoms with E-state index in [0.717, 1.165) is 36.2 Å². The molecule has 1 aromatic heterocycles. The van der Waals surface area contributed by atoms with E-state index >= 15 is 0 Å². The lowest BCUT2D eigenvalue weighted by Crippen LogP contribution is -2.45. The number of alkyl halides is 1. The number of rotatable bonds is 3. The molecule has 1 saturated heterocycles. The van der Waals surface area contributed by atoms with Gasteiger partial charge in [0.2, 0.25) is 0 Å². The Bertz CT molecular complexity index is 423. The lowest BCUT2D eigenvalue weighted by atomic mass is 9.79. The quantitative estimate of drug-likeness (QED) is 0.772. The molecule has 1 atom stereocenters. The van der Waals surface area contributed by atoms with E-state index < -0.39 is 0 Å². The predicted molar refractivity (Wildman–Crippen MR) is 82.3 cm³/mol. The molecule has 110 valence electrons. The fraction of sp³-hybridized carbons (Fsp3) is 0.688. The van der Waals surface area contributed by atoms with Gasteiger partial charge in [-0.1, -0.05) is 35.2 Å². The molecule has 1 aliphatic heterocycles. The van der Waals surface area contributed by atoms with Gasteiger partial charge in [-0.2, -0.15) is 0 Å². The number of hydrogen-bond donors (Lipinski definition) is 0.